The molecule has 1 aliphatic heterocycles. The van der Waals surface area contributed by atoms with Crippen molar-refractivity contribution in [2.75, 3.05) is 26.2 Å². The lowest BCUT2D eigenvalue weighted by Crippen LogP contribution is -2.47. The number of aromatic amines is 1. The number of rotatable bonds is 5. The van der Waals surface area contributed by atoms with Crippen molar-refractivity contribution >= 4 is 34.9 Å². The third-order valence-electron chi connectivity index (χ3n) is 5.15. The van der Waals surface area contributed by atoms with Gasteiger partial charge in [-0.15, -0.1) is 0 Å². The number of carbonyl (C=O) groups is 2. The van der Waals surface area contributed by atoms with E-state index in [2.05, 4.69) is 15.5 Å². The van der Waals surface area contributed by atoms with E-state index in [1.165, 1.54) is 0 Å². The second kappa shape index (κ2) is 8.92. The zero-order chi connectivity index (χ0) is 20.9. The molecule has 1 aromatic heterocycles. The van der Waals surface area contributed by atoms with Gasteiger partial charge in [-0.3, -0.25) is 9.89 Å². The van der Waals surface area contributed by atoms with Crippen LogP contribution in [-0.4, -0.2) is 59.3 Å². The summed E-state index contributed by atoms with van der Waals surface area (Å²) >= 11 is 0. The number of ether oxygens (including phenoxy) is 1. The fourth-order valence-corrected chi connectivity index (χ4v) is 3.41. The average molecular weight is 404 g/mol. The number of hydrogen-bond acceptors (Lipinski definition) is 5. The van der Waals surface area contributed by atoms with Crippen LogP contribution in [0.4, 0.5) is 4.79 Å². The van der Waals surface area contributed by atoms with Crippen molar-refractivity contribution in [3.63, 3.8) is 0 Å². The number of amides is 1. The van der Waals surface area contributed by atoms with Crippen LogP contribution in [0, 0.1) is 0 Å². The fraction of sp³-hybridized carbons (Fsp3) is 0.261. The van der Waals surface area contributed by atoms with Crippen LogP contribution in [0.3, 0.4) is 0 Å². The van der Waals surface area contributed by atoms with E-state index in [0.29, 0.717) is 18.7 Å². The van der Waals surface area contributed by atoms with Gasteiger partial charge < -0.3 is 15.0 Å². The Morgan fingerprint density at radius 3 is 2.57 bits per heavy atom. The van der Waals surface area contributed by atoms with Crippen molar-refractivity contribution in [1.29, 1.82) is 0 Å². The lowest BCUT2D eigenvalue weighted by atomic mass is 10.0. The summed E-state index contributed by atoms with van der Waals surface area (Å²) in [6.45, 7) is 4.26. The summed E-state index contributed by atoms with van der Waals surface area (Å²) in [5, 5.41) is 11.6. The van der Waals surface area contributed by atoms with Gasteiger partial charge in [0.2, 0.25) is 5.78 Å². The van der Waals surface area contributed by atoms with E-state index in [1.807, 2.05) is 48.6 Å². The summed E-state index contributed by atoms with van der Waals surface area (Å²) in [6.07, 6.45) is 2.62. The summed E-state index contributed by atoms with van der Waals surface area (Å²) in [5.41, 5.74) is 3.31. The predicted molar refractivity (Wildman–Crippen MR) is 116 cm³/mol. The molecule has 1 saturated heterocycles. The molecule has 2 N–H and O–H groups in total. The van der Waals surface area contributed by atoms with Gasteiger partial charge in [-0.1, -0.05) is 48.5 Å². The molecule has 1 unspecified atom stereocenters. The van der Waals surface area contributed by atoms with Gasteiger partial charge in [-0.05, 0) is 24.6 Å². The molecule has 3 aromatic rings. The minimum atomic E-state index is -0.829. The second-order valence-electron chi connectivity index (χ2n) is 7.24. The number of piperazine rings is 1. The van der Waals surface area contributed by atoms with Gasteiger partial charge >= 0.3 is 6.09 Å². The first kappa shape index (κ1) is 19.8. The summed E-state index contributed by atoms with van der Waals surface area (Å²) in [4.78, 5) is 26.4. The third-order valence-corrected chi connectivity index (χ3v) is 5.15. The molecular weight excluding hydrogens is 380 g/mol. The first-order chi connectivity index (χ1) is 14.6. The van der Waals surface area contributed by atoms with Crippen LogP contribution >= 0.6 is 0 Å². The molecule has 1 atom stereocenters. The summed E-state index contributed by atoms with van der Waals surface area (Å²) < 4.78 is 5.36. The number of H-pyrrole nitrogens is 1. The van der Waals surface area contributed by atoms with Crippen LogP contribution in [0.1, 0.15) is 28.5 Å². The minimum absolute atomic E-state index is 0.215. The second-order valence-corrected chi connectivity index (χ2v) is 7.24. The van der Waals surface area contributed by atoms with Crippen LogP contribution in [0.25, 0.3) is 23.1 Å². The van der Waals surface area contributed by atoms with Crippen LogP contribution in [0.15, 0.2) is 48.5 Å². The first-order valence-electron chi connectivity index (χ1n) is 10.0. The van der Waals surface area contributed by atoms with Gasteiger partial charge in [0.1, 0.15) is 0 Å². The zero-order valence-electron chi connectivity index (χ0n) is 16.8. The largest absolute Gasteiger partial charge is 0.438 e. The lowest BCUT2D eigenvalue weighted by molar-refractivity contribution is 0.0520. The molecule has 154 valence electrons. The van der Waals surface area contributed by atoms with Crippen molar-refractivity contribution in [2.45, 2.75) is 13.0 Å². The topological polar surface area (TPSA) is 87.3 Å². The van der Waals surface area contributed by atoms with Crippen molar-refractivity contribution in [3.05, 3.63) is 65.4 Å². The first-order valence-corrected chi connectivity index (χ1v) is 10.0. The maximum atomic E-state index is 12.6. The SMILES string of the molecule is CC(OC(=O)N1CCNCC1)C(=O)c1ccc(C=Cc2n[nH]c3ccccc23)cc1. The number of fused-ring (bicyclic) bond motifs is 1. The number of aromatic nitrogens is 2. The van der Waals surface area contributed by atoms with Gasteiger partial charge in [-0.2, -0.15) is 5.10 Å². The molecule has 0 aliphatic carbocycles. The molecule has 1 fully saturated rings. The van der Waals surface area contributed by atoms with Gasteiger partial charge in [0.15, 0.2) is 6.10 Å². The van der Waals surface area contributed by atoms with Crippen LogP contribution in [-0.2, 0) is 4.74 Å². The molecule has 0 bridgehead atoms. The number of Topliss-reactive ketones (excluding diaryl/α,β-unsaturated/α-hetero) is 1. The van der Waals surface area contributed by atoms with Gasteiger partial charge in [0.05, 0.1) is 11.2 Å². The quantitative estimate of drug-likeness (QED) is 0.637. The highest BCUT2D eigenvalue weighted by molar-refractivity contribution is 6.00. The highest BCUT2D eigenvalue weighted by atomic mass is 16.6. The Bertz CT molecular complexity index is 1070. The normalized spacial score (nSPS) is 15.4. The van der Waals surface area contributed by atoms with Gasteiger partial charge in [-0.25, -0.2) is 4.79 Å². The standard InChI is InChI=1S/C23H24N4O3/c1-16(30-23(29)27-14-12-24-13-15-27)22(28)18-9-6-17(7-10-18)8-11-21-19-4-2-3-5-20(19)25-26-21/h2-11,16,24H,12-15H2,1H3,(H,25,26). The van der Waals surface area contributed by atoms with Crippen molar-refractivity contribution in [2.24, 2.45) is 0 Å². The molecule has 1 aliphatic rings. The van der Waals surface area contributed by atoms with Crippen LogP contribution in [0.5, 0.6) is 0 Å². The lowest BCUT2D eigenvalue weighted by Gasteiger charge is -2.27. The molecule has 0 saturated carbocycles. The minimum Gasteiger partial charge on any atom is -0.438 e. The molecule has 4 rings (SSSR count). The maximum Gasteiger partial charge on any atom is 0.410 e. The highest BCUT2D eigenvalue weighted by Gasteiger charge is 2.24. The Kier molecular flexibility index (Phi) is 5.90. The van der Waals surface area contributed by atoms with Gasteiger partial charge in [0.25, 0.3) is 0 Å². The number of nitrogens with one attached hydrogen (secondary N) is 2. The number of ketones is 1. The van der Waals surface area contributed by atoms with E-state index in [4.69, 9.17) is 4.74 Å². The van der Waals surface area contributed by atoms with E-state index in [1.54, 1.807) is 24.0 Å². The zero-order valence-corrected chi connectivity index (χ0v) is 16.8. The van der Waals surface area contributed by atoms with E-state index >= 15 is 0 Å². The molecule has 30 heavy (non-hydrogen) atoms. The molecule has 0 spiro atoms. The Labute approximate surface area is 174 Å². The smallest absolute Gasteiger partial charge is 0.410 e. The van der Waals surface area contributed by atoms with E-state index < -0.39 is 12.2 Å². The van der Waals surface area contributed by atoms with Crippen LogP contribution < -0.4 is 5.32 Å². The third kappa shape index (κ3) is 4.41. The summed E-state index contributed by atoms with van der Waals surface area (Å²) in [6, 6.07) is 15.2. The van der Waals surface area contributed by atoms with Gasteiger partial charge in [0, 0.05) is 37.1 Å². The Hall–Kier alpha value is -3.45. The number of nitrogens with zero attached hydrogens (tertiary/aromatic N) is 2. The number of carbonyl (C=O) groups excluding carboxylic acids is 2. The molecular formula is C23H24N4O3. The number of benzene rings is 2. The number of para-hydroxylation sites is 1. The Morgan fingerprint density at radius 2 is 1.80 bits per heavy atom. The molecule has 1 amide bonds. The van der Waals surface area contributed by atoms with E-state index in [0.717, 1.165) is 35.2 Å². The molecule has 2 heterocycles. The number of hydrogen-bond donors (Lipinski definition) is 2. The highest BCUT2D eigenvalue weighted by Crippen LogP contribution is 2.18. The summed E-state index contributed by atoms with van der Waals surface area (Å²) in [7, 11) is 0. The molecule has 7 nitrogen and oxygen atoms in total. The monoisotopic (exact) mass is 404 g/mol. The maximum absolute atomic E-state index is 12.6. The van der Waals surface area contributed by atoms with Crippen molar-refractivity contribution < 1.29 is 14.3 Å². The molecule has 0 radical (unpaired) electrons. The predicted octanol–water partition coefficient (Wildman–Crippen LogP) is 3.35. The van der Waals surface area contributed by atoms with Crippen molar-refractivity contribution in [1.82, 2.24) is 20.4 Å². The Morgan fingerprint density at radius 1 is 1.07 bits per heavy atom. The molecule has 7 heteroatoms. The van der Waals surface area contributed by atoms with E-state index in [9.17, 15) is 9.59 Å². The average Bonchev–Trinajstić information content (AvgIpc) is 3.21. The molecule has 2 aromatic carbocycles. The van der Waals surface area contributed by atoms with Crippen molar-refractivity contribution in [3.8, 4) is 0 Å². The van der Waals surface area contributed by atoms with E-state index in [-0.39, 0.29) is 5.78 Å². The Balaban J connectivity index is 1.38. The van der Waals surface area contributed by atoms with Crippen LogP contribution in [0.2, 0.25) is 0 Å². The summed E-state index contributed by atoms with van der Waals surface area (Å²) in [5.74, 6) is -0.215. The fourth-order valence-electron chi connectivity index (χ4n) is 3.41.